The minimum absolute atomic E-state index is 0.112. The van der Waals surface area contributed by atoms with Crippen molar-refractivity contribution in [2.45, 2.75) is 46.1 Å². The van der Waals surface area contributed by atoms with Crippen molar-refractivity contribution in [1.29, 1.82) is 0 Å². The van der Waals surface area contributed by atoms with Crippen LogP contribution in [0.2, 0.25) is 0 Å². The summed E-state index contributed by atoms with van der Waals surface area (Å²) in [6.45, 7) is 13.1. The van der Waals surface area contributed by atoms with Crippen molar-refractivity contribution >= 4 is 0 Å². The molecule has 3 atom stereocenters. The number of aliphatic hydroxyl groups is 1. The Kier molecular flexibility index (Phi) is 5.00. The molecular weight excluding hydrogens is 198 g/mol. The van der Waals surface area contributed by atoms with Gasteiger partial charge in [0, 0.05) is 24.6 Å². The van der Waals surface area contributed by atoms with Crippen LogP contribution >= 0.6 is 0 Å². The molecule has 0 saturated carbocycles. The molecule has 0 bridgehead atoms. The van der Waals surface area contributed by atoms with Crippen LogP contribution in [0.1, 0.15) is 40.0 Å². The molecule has 0 aliphatic carbocycles. The topological polar surface area (TPSA) is 23.5 Å². The van der Waals surface area contributed by atoms with E-state index in [1.54, 1.807) is 0 Å². The van der Waals surface area contributed by atoms with Crippen LogP contribution in [0.15, 0.2) is 12.7 Å². The number of piperidine rings is 1. The van der Waals surface area contributed by atoms with Crippen molar-refractivity contribution in [2.75, 3.05) is 19.7 Å². The van der Waals surface area contributed by atoms with E-state index in [4.69, 9.17) is 0 Å². The molecule has 0 radical (unpaired) electrons. The standard InChI is InChI=1S/C14H27NO/c1-5-7-12(2)13(3)15-9-6-8-14(4,10-15)11-16/h5,12-13,16H,1,6-11H2,2-4H3. The van der Waals surface area contributed by atoms with Crippen molar-refractivity contribution in [1.82, 2.24) is 4.90 Å². The molecule has 0 aromatic carbocycles. The Balaban J connectivity index is 2.56. The number of likely N-dealkylation sites (tertiary alicyclic amines) is 1. The average Bonchev–Trinajstić information content (AvgIpc) is 2.28. The third kappa shape index (κ3) is 3.33. The maximum Gasteiger partial charge on any atom is 0.0497 e. The van der Waals surface area contributed by atoms with E-state index in [-0.39, 0.29) is 5.41 Å². The second-order valence-corrected chi connectivity index (χ2v) is 5.79. The summed E-state index contributed by atoms with van der Waals surface area (Å²) in [6.07, 6.45) is 5.45. The van der Waals surface area contributed by atoms with E-state index in [0.29, 0.717) is 18.6 Å². The molecule has 1 fully saturated rings. The van der Waals surface area contributed by atoms with Crippen LogP contribution in [0, 0.1) is 11.3 Å². The molecule has 1 heterocycles. The highest BCUT2D eigenvalue weighted by molar-refractivity contribution is 4.87. The Hall–Kier alpha value is -0.340. The zero-order valence-electron chi connectivity index (χ0n) is 11.1. The predicted octanol–water partition coefficient (Wildman–Crippen LogP) is 2.68. The average molecular weight is 225 g/mol. The van der Waals surface area contributed by atoms with Crippen LogP contribution in [-0.4, -0.2) is 35.7 Å². The van der Waals surface area contributed by atoms with Gasteiger partial charge in [-0.15, -0.1) is 6.58 Å². The van der Waals surface area contributed by atoms with E-state index in [1.165, 1.54) is 13.0 Å². The molecule has 1 rings (SSSR count). The Morgan fingerprint density at radius 2 is 2.19 bits per heavy atom. The first-order valence-corrected chi connectivity index (χ1v) is 6.48. The van der Waals surface area contributed by atoms with Gasteiger partial charge in [0.15, 0.2) is 0 Å². The molecule has 1 saturated heterocycles. The van der Waals surface area contributed by atoms with Crippen LogP contribution in [0.4, 0.5) is 0 Å². The van der Waals surface area contributed by atoms with E-state index in [2.05, 4.69) is 32.3 Å². The molecule has 1 aliphatic rings. The van der Waals surface area contributed by atoms with Crippen molar-refractivity contribution in [3.8, 4) is 0 Å². The maximum absolute atomic E-state index is 9.45. The molecule has 16 heavy (non-hydrogen) atoms. The maximum atomic E-state index is 9.45. The summed E-state index contributed by atoms with van der Waals surface area (Å²) in [6, 6.07) is 0.587. The molecule has 0 amide bonds. The summed E-state index contributed by atoms with van der Waals surface area (Å²) in [7, 11) is 0. The highest BCUT2D eigenvalue weighted by atomic mass is 16.3. The van der Waals surface area contributed by atoms with E-state index in [1.807, 2.05) is 6.08 Å². The van der Waals surface area contributed by atoms with Gasteiger partial charge in [0.1, 0.15) is 0 Å². The summed E-state index contributed by atoms with van der Waals surface area (Å²) < 4.78 is 0. The number of hydrogen-bond acceptors (Lipinski definition) is 2. The highest BCUT2D eigenvalue weighted by Gasteiger charge is 2.33. The van der Waals surface area contributed by atoms with Crippen molar-refractivity contribution < 1.29 is 5.11 Å². The molecule has 0 aromatic heterocycles. The summed E-state index contributed by atoms with van der Waals surface area (Å²) in [5, 5.41) is 9.45. The summed E-state index contributed by atoms with van der Waals surface area (Å²) >= 11 is 0. The lowest BCUT2D eigenvalue weighted by Gasteiger charge is -2.43. The Labute approximate surface area is 100 Å². The highest BCUT2D eigenvalue weighted by Crippen LogP contribution is 2.31. The molecule has 0 spiro atoms. The second-order valence-electron chi connectivity index (χ2n) is 5.79. The second kappa shape index (κ2) is 5.83. The number of allylic oxidation sites excluding steroid dienone is 1. The number of aliphatic hydroxyl groups excluding tert-OH is 1. The molecular formula is C14H27NO. The number of rotatable bonds is 5. The lowest BCUT2D eigenvalue weighted by Crippen LogP contribution is -2.49. The van der Waals surface area contributed by atoms with Gasteiger partial charge in [0.25, 0.3) is 0 Å². The van der Waals surface area contributed by atoms with Crippen LogP contribution in [0.5, 0.6) is 0 Å². The quantitative estimate of drug-likeness (QED) is 0.727. The van der Waals surface area contributed by atoms with Gasteiger partial charge < -0.3 is 5.11 Å². The Bertz CT molecular complexity index is 229. The van der Waals surface area contributed by atoms with E-state index >= 15 is 0 Å². The van der Waals surface area contributed by atoms with E-state index in [0.717, 1.165) is 19.4 Å². The summed E-state index contributed by atoms with van der Waals surface area (Å²) in [4.78, 5) is 2.54. The molecule has 94 valence electrons. The van der Waals surface area contributed by atoms with Gasteiger partial charge in [0.2, 0.25) is 0 Å². The largest absolute Gasteiger partial charge is 0.396 e. The zero-order chi connectivity index (χ0) is 12.2. The minimum Gasteiger partial charge on any atom is -0.396 e. The van der Waals surface area contributed by atoms with Crippen LogP contribution in [0.3, 0.4) is 0 Å². The SMILES string of the molecule is C=CCC(C)C(C)N1CCCC(C)(CO)C1. The molecule has 1 N–H and O–H groups in total. The molecule has 2 nitrogen and oxygen atoms in total. The van der Waals surface area contributed by atoms with Gasteiger partial charge in [-0.1, -0.05) is 19.9 Å². The van der Waals surface area contributed by atoms with Gasteiger partial charge in [-0.25, -0.2) is 0 Å². The monoisotopic (exact) mass is 225 g/mol. The Morgan fingerprint density at radius 1 is 1.50 bits per heavy atom. The molecule has 0 aromatic rings. The third-order valence-electron chi connectivity index (χ3n) is 4.13. The number of hydrogen-bond donors (Lipinski definition) is 1. The van der Waals surface area contributed by atoms with E-state index in [9.17, 15) is 5.11 Å². The minimum atomic E-state index is 0.112. The van der Waals surface area contributed by atoms with Crippen LogP contribution in [-0.2, 0) is 0 Å². The van der Waals surface area contributed by atoms with Crippen molar-refractivity contribution in [3.63, 3.8) is 0 Å². The van der Waals surface area contributed by atoms with Crippen molar-refractivity contribution in [2.24, 2.45) is 11.3 Å². The molecule has 3 unspecified atom stereocenters. The van der Waals surface area contributed by atoms with Gasteiger partial charge >= 0.3 is 0 Å². The van der Waals surface area contributed by atoms with Crippen LogP contribution in [0.25, 0.3) is 0 Å². The third-order valence-corrected chi connectivity index (χ3v) is 4.13. The van der Waals surface area contributed by atoms with Gasteiger partial charge in [0.05, 0.1) is 0 Å². The first-order chi connectivity index (χ1) is 7.52. The van der Waals surface area contributed by atoms with Crippen molar-refractivity contribution in [3.05, 3.63) is 12.7 Å². The first kappa shape index (κ1) is 13.7. The van der Waals surface area contributed by atoms with Gasteiger partial charge in [-0.3, -0.25) is 4.90 Å². The normalized spacial score (nSPS) is 31.0. The van der Waals surface area contributed by atoms with E-state index < -0.39 is 0 Å². The fourth-order valence-electron chi connectivity index (χ4n) is 2.65. The Morgan fingerprint density at radius 3 is 2.75 bits per heavy atom. The lowest BCUT2D eigenvalue weighted by atomic mass is 9.81. The number of nitrogens with zero attached hydrogens (tertiary/aromatic N) is 1. The summed E-state index contributed by atoms with van der Waals surface area (Å²) in [5.41, 5.74) is 0.112. The first-order valence-electron chi connectivity index (χ1n) is 6.48. The van der Waals surface area contributed by atoms with Gasteiger partial charge in [-0.2, -0.15) is 0 Å². The predicted molar refractivity (Wildman–Crippen MR) is 69.4 cm³/mol. The fourth-order valence-corrected chi connectivity index (χ4v) is 2.65. The smallest absolute Gasteiger partial charge is 0.0497 e. The van der Waals surface area contributed by atoms with Gasteiger partial charge in [-0.05, 0) is 38.6 Å². The summed E-state index contributed by atoms with van der Waals surface area (Å²) in [5.74, 6) is 0.651. The molecule has 2 heteroatoms. The van der Waals surface area contributed by atoms with Crippen LogP contribution < -0.4 is 0 Å². The zero-order valence-corrected chi connectivity index (χ0v) is 11.1. The lowest BCUT2D eigenvalue weighted by molar-refractivity contribution is 0.0169. The fraction of sp³-hybridized carbons (Fsp3) is 0.857. The molecule has 1 aliphatic heterocycles.